The molecule has 1 rings (SSSR count). The fourth-order valence-corrected chi connectivity index (χ4v) is 1.53. The molecule has 2 N–H and O–H groups in total. The molecule has 0 bridgehead atoms. The van der Waals surface area contributed by atoms with E-state index in [-0.39, 0.29) is 0 Å². The van der Waals surface area contributed by atoms with E-state index >= 15 is 0 Å². The largest absolute Gasteiger partial charge is 0.364 e. The predicted molar refractivity (Wildman–Crippen MR) is 58.7 cm³/mol. The zero-order chi connectivity index (χ0) is 9.36. The normalized spacial score (nSPS) is 9.77. The van der Waals surface area contributed by atoms with Gasteiger partial charge in [-0.3, -0.25) is 0 Å². The summed E-state index contributed by atoms with van der Waals surface area (Å²) in [6, 6.07) is 4.08. The molecular weight excluding hydrogens is 180 g/mol. The van der Waals surface area contributed by atoms with Gasteiger partial charge in [-0.25, -0.2) is 0 Å². The van der Waals surface area contributed by atoms with Crippen molar-refractivity contribution < 1.29 is 0 Å². The summed E-state index contributed by atoms with van der Waals surface area (Å²) in [5.41, 5.74) is 1.22. The van der Waals surface area contributed by atoms with Gasteiger partial charge in [0.05, 0.1) is 5.75 Å². The summed E-state index contributed by atoms with van der Waals surface area (Å²) in [6.07, 6.45) is 7.06. The lowest BCUT2D eigenvalue weighted by atomic mass is 10.4. The Morgan fingerprint density at radius 2 is 2.54 bits per heavy atom. The molecule has 0 aromatic carbocycles. The highest BCUT2D eigenvalue weighted by molar-refractivity contribution is 7.99. The number of hydrogen-bond acceptors (Lipinski definition) is 2. The molecule has 0 amide bonds. The Morgan fingerprint density at radius 1 is 1.62 bits per heavy atom. The van der Waals surface area contributed by atoms with E-state index in [1.807, 2.05) is 12.3 Å². The molecule has 0 saturated heterocycles. The van der Waals surface area contributed by atoms with E-state index in [0.717, 1.165) is 24.6 Å². The highest BCUT2D eigenvalue weighted by Crippen LogP contribution is 1.96. The Kier molecular flexibility index (Phi) is 5.23. The molecule has 0 fully saturated rings. The van der Waals surface area contributed by atoms with Crippen LogP contribution in [0, 0.1) is 12.3 Å². The van der Waals surface area contributed by atoms with Gasteiger partial charge in [-0.1, -0.05) is 5.92 Å². The van der Waals surface area contributed by atoms with Crippen molar-refractivity contribution in [3.8, 4) is 12.3 Å². The van der Waals surface area contributed by atoms with Crippen LogP contribution in [0.5, 0.6) is 0 Å². The van der Waals surface area contributed by atoms with Crippen molar-refractivity contribution in [3.05, 3.63) is 24.0 Å². The second-order valence-electron chi connectivity index (χ2n) is 2.63. The average molecular weight is 194 g/mol. The zero-order valence-electron chi connectivity index (χ0n) is 7.55. The van der Waals surface area contributed by atoms with E-state index in [4.69, 9.17) is 6.42 Å². The summed E-state index contributed by atoms with van der Waals surface area (Å²) in [6.45, 7) is 1.91. The van der Waals surface area contributed by atoms with Crippen LogP contribution in [0.25, 0.3) is 0 Å². The fraction of sp³-hybridized carbons (Fsp3) is 0.400. The smallest absolute Gasteiger partial charge is 0.0545 e. The van der Waals surface area contributed by atoms with Crippen molar-refractivity contribution in [2.75, 3.05) is 18.1 Å². The van der Waals surface area contributed by atoms with Crippen LogP contribution >= 0.6 is 11.8 Å². The Hall–Kier alpha value is -0.850. The molecule has 0 spiro atoms. The maximum Gasteiger partial charge on any atom is 0.0545 e. The first-order chi connectivity index (χ1) is 6.43. The van der Waals surface area contributed by atoms with Crippen molar-refractivity contribution in [1.29, 1.82) is 0 Å². The third-order valence-electron chi connectivity index (χ3n) is 1.59. The average Bonchev–Trinajstić information content (AvgIpc) is 2.63. The monoisotopic (exact) mass is 194 g/mol. The van der Waals surface area contributed by atoms with Crippen LogP contribution in [0.2, 0.25) is 0 Å². The van der Waals surface area contributed by atoms with Crippen LogP contribution in [0.15, 0.2) is 18.3 Å². The number of H-pyrrole nitrogens is 1. The SMILES string of the molecule is C#CCSCCNCc1ccc[nH]1. The van der Waals surface area contributed by atoms with Crippen LogP contribution in [-0.4, -0.2) is 23.0 Å². The molecule has 0 saturated carbocycles. The molecule has 0 atom stereocenters. The summed E-state index contributed by atoms with van der Waals surface area (Å²) in [4.78, 5) is 3.14. The van der Waals surface area contributed by atoms with E-state index in [2.05, 4.69) is 22.3 Å². The van der Waals surface area contributed by atoms with Gasteiger partial charge in [-0.2, -0.15) is 0 Å². The van der Waals surface area contributed by atoms with Gasteiger partial charge in [0.2, 0.25) is 0 Å². The molecule has 0 unspecified atom stereocenters. The number of aromatic nitrogens is 1. The van der Waals surface area contributed by atoms with Gasteiger partial charge in [0.1, 0.15) is 0 Å². The Labute approximate surface area is 83.5 Å². The third-order valence-corrected chi connectivity index (χ3v) is 2.45. The van der Waals surface area contributed by atoms with Crippen molar-refractivity contribution >= 4 is 11.8 Å². The van der Waals surface area contributed by atoms with Gasteiger partial charge >= 0.3 is 0 Å². The number of terminal acetylenes is 1. The van der Waals surface area contributed by atoms with Crippen LogP contribution in [0.4, 0.5) is 0 Å². The van der Waals surface area contributed by atoms with E-state index in [1.54, 1.807) is 11.8 Å². The summed E-state index contributed by atoms with van der Waals surface area (Å²) < 4.78 is 0. The van der Waals surface area contributed by atoms with Gasteiger partial charge < -0.3 is 10.3 Å². The van der Waals surface area contributed by atoms with E-state index in [1.165, 1.54) is 5.69 Å². The lowest BCUT2D eigenvalue weighted by Gasteiger charge is -2.01. The predicted octanol–water partition coefficient (Wildman–Crippen LogP) is 1.47. The third kappa shape index (κ3) is 4.66. The first kappa shape index (κ1) is 10.2. The van der Waals surface area contributed by atoms with Gasteiger partial charge in [0, 0.05) is 30.7 Å². The molecule has 1 aromatic heterocycles. The minimum atomic E-state index is 0.810. The van der Waals surface area contributed by atoms with Crippen LogP contribution in [0.1, 0.15) is 5.69 Å². The molecular formula is C10H14N2S. The maximum atomic E-state index is 5.12. The van der Waals surface area contributed by atoms with Crippen molar-refractivity contribution in [3.63, 3.8) is 0 Å². The van der Waals surface area contributed by atoms with Crippen LogP contribution < -0.4 is 5.32 Å². The van der Waals surface area contributed by atoms with Crippen molar-refractivity contribution in [2.45, 2.75) is 6.54 Å². The quantitative estimate of drug-likeness (QED) is 0.530. The second-order valence-corrected chi connectivity index (χ2v) is 3.73. The minimum absolute atomic E-state index is 0.810. The minimum Gasteiger partial charge on any atom is -0.364 e. The van der Waals surface area contributed by atoms with Gasteiger partial charge in [-0.15, -0.1) is 18.2 Å². The highest BCUT2D eigenvalue weighted by Gasteiger charge is 1.91. The molecule has 0 aliphatic heterocycles. The first-order valence-corrected chi connectivity index (χ1v) is 5.43. The summed E-state index contributed by atoms with van der Waals surface area (Å²) >= 11 is 1.78. The summed E-state index contributed by atoms with van der Waals surface area (Å²) in [5.74, 6) is 4.49. The lowest BCUT2D eigenvalue weighted by Crippen LogP contribution is -2.16. The van der Waals surface area contributed by atoms with Crippen LogP contribution in [-0.2, 0) is 6.54 Å². The van der Waals surface area contributed by atoms with Crippen molar-refractivity contribution in [2.24, 2.45) is 0 Å². The Balaban J connectivity index is 1.94. The lowest BCUT2D eigenvalue weighted by molar-refractivity contribution is 0.719. The summed E-state index contributed by atoms with van der Waals surface area (Å²) in [7, 11) is 0. The van der Waals surface area contributed by atoms with Gasteiger partial charge in [0.25, 0.3) is 0 Å². The zero-order valence-corrected chi connectivity index (χ0v) is 8.36. The molecule has 2 nitrogen and oxygen atoms in total. The molecule has 1 aromatic rings. The molecule has 70 valence electrons. The Morgan fingerprint density at radius 3 is 3.23 bits per heavy atom. The number of hydrogen-bond donors (Lipinski definition) is 2. The first-order valence-electron chi connectivity index (χ1n) is 4.27. The molecule has 1 heterocycles. The standard InChI is InChI=1S/C10H14N2S/c1-2-7-13-8-6-11-9-10-4-3-5-12-10/h1,3-5,11-12H,6-9H2. The molecule has 0 aliphatic rings. The van der Waals surface area contributed by atoms with E-state index < -0.39 is 0 Å². The van der Waals surface area contributed by atoms with E-state index in [9.17, 15) is 0 Å². The van der Waals surface area contributed by atoms with Gasteiger partial charge in [0.15, 0.2) is 0 Å². The highest BCUT2D eigenvalue weighted by atomic mass is 32.2. The topological polar surface area (TPSA) is 27.8 Å². The second kappa shape index (κ2) is 6.64. The maximum absolute atomic E-state index is 5.12. The molecule has 13 heavy (non-hydrogen) atoms. The van der Waals surface area contributed by atoms with Gasteiger partial charge in [-0.05, 0) is 12.1 Å². The summed E-state index contributed by atoms with van der Waals surface area (Å²) in [5, 5.41) is 3.33. The van der Waals surface area contributed by atoms with Crippen LogP contribution in [0.3, 0.4) is 0 Å². The number of nitrogens with one attached hydrogen (secondary N) is 2. The number of aromatic amines is 1. The number of rotatable bonds is 6. The number of thioether (sulfide) groups is 1. The van der Waals surface area contributed by atoms with E-state index in [0.29, 0.717) is 0 Å². The molecule has 3 heteroatoms. The molecule has 0 radical (unpaired) electrons. The van der Waals surface area contributed by atoms with Crippen molar-refractivity contribution in [1.82, 2.24) is 10.3 Å². The Bertz CT molecular complexity index is 248. The molecule has 0 aliphatic carbocycles. The fourth-order valence-electron chi connectivity index (χ4n) is 0.976.